The van der Waals surface area contributed by atoms with E-state index in [1.165, 1.54) is 0 Å². The Hall–Kier alpha value is -1.59. The van der Waals surface area contributed by atoms with Crippen LogP contribution in [0.1, 0.15) is 11.3 Å². The van der Waals surface area contributed by atoms with E-state index in [0.29, 0.717) is 18.1 Å². The molecule has 0 atom stereocenters. The Morgan fingerprint density at radius 1 is 1.41 bits per heavy atom. The SMILES string of the molecule is Cl.O=c1[nH]c(-c2ccco2)nc2c1CCNC2. The van der Waals surface area contributed by atoms with Crippen LogP contribution in [0, 0.1) is 0 Å². The Balaban J connectivity index is 0.00000108. The normalized spacial score (nSPS) is 13.9. The van der Waals surface area contributed by atoms with Gasteiger partial charge < -0.3 is 14.7 Å². The van der Waals surface area contributed by atoms with E-state index in [4.69, 9.17) is 4.42 Å². The number of hydrogen-bond acceptors (Lipinski definition) is 4. The van der Waals surface area contributed by atoms with Gasteiger partial charge in [-0.1, -0.05) is 0 Å². The molecule has 17 heavy (non-hydrogen) atoms. The van der Waals surface area contributed by atoms with Crippen LogP contribution in [0.25, 0.3) is 11.6 Å². The molecule has 0 aliphatic carbocycles. The summed E-state index contributed by atoms with van der Waals surface area (Å²) in [4.78, 5) is 19.0. The first-order chi connectivity index (χ1) is 7.84. The summed E-state index contributed by atoms with van der Waals surface area (Å²) in [6, 6.07) is 3.55. The molecule has 1 aliphatic rings. The standard InChI is InChI=1S/C11H11N3O2.ClH/c15-11-7-3-4-12-6-8(7)13-10(14-11)9-2-1-5-16-9;/h1-2,5,12H,3-4,6H2,(H,13,14,15);1H. The fourth-order valence-electron chi connectivity index (χ4n) is 1.90. The minimum absolute atomic E-state index is 0. The van der Waals surface area contributed by atoms with Crippen molar-refractivity contribution in [2.75, 3.05) is 6.54 Å². The summed E-state index contributed by atoms with van der Waals surface area (Å²) in [6.45, 7) is 1.48. The van der Waals surface area contributed by atoms with E-state index in [9.17, 15) is 4.79 Å². The Morgan fingerprint density at radius 2 is 2.29 bits per heavy atom. The van der Waals surface area contributed by atoms with Crippen LogP contribution in [0.2, 0.25) is 0 Å². The molecule has 1 aliphatic heterocycles. The highest BCUT2D eigenvalue weighted by molar-refractivity contribution is 5.85. The average molecular weight is 254 g/mol. The molecule has 5 nitrogen and oxygen atoms in total. The van der Waals surface area contributed by atoms with Crippen LogP contribution in [0.3, 0.4) is 0 Å². The van der Waals surface area contributed by atoms with Gasteiger partial charge in [0.2, 0.25) is 0 Å². The van der Waals surface area contributed by atoms with E-state index < -0.39 is 0 Å². The number of furan rings is 1. The number of H-pyrrole nitrogens is 1. The summed E-state index contributed by atoms with van der Waals surface area (Å²) in [5.74, 6) is 1.09. The maximum absolute atomic E-state index is 11.8. The van der Waals surface area contributed by atoms with Crippen molar-refractivity contribution in [2.45, 2.75) is 13.0 Å². The molecule has 2 aromatic rings. The minimum Gasteiger partial charge on any atom is -0.461 e. The van der Waals surface area contributed by atoms with Crippen molar-refractivity contribution in [1.29, 1.82) is 0 Å². The zero-order valence-electron chi connectivity index (χ0n) is 9.03. The summed E-state index contributed by atoms with van der Waals surface area (Å²) in [5.41, 5.74) is 1.55. The van der Waals surface area contributed by atoms with Gasteiger partial charge in [-0.25, -0.2) is 4.98 Å². The van der Waals surface area contributed by atoms with E-state index >= 15 is 0 Å². The largest absolute Gasteiger partial charge is 0.461 e. The van der Waals surface area contributed by atoms with Gasteiger partial charge in [-0.15, -0.1) is 12.4 Å². The van der Waals surface area contributed by atoms with Crippen LogP contribution in [-0.4, -0.2) is 16.5 Å². The first-order valence-corrected chi connectivity index (χ1v) is 5.21. The lowest BCUT2D eigenvalue weighted by molar-refractivity contribution is 0.571. The number of aromatic nitrogens is 2. The van der Waals surface area contributed by atoms with E-state index in [1.54, 1.807) is 18.4 Å². The zero-order chi connectivity index (χ0) is 11.0. The fourth-order valence-corrected chi connectivity index (χ4v) is 1.90. The summed E-state index contributed by atoms with van der Waals surface area (Å²) < 4.78 is 5.21. The summed E-state index contributed by atoms with van der Waals surface area (Å²) in [7, 11) is 0. The first-order valence-electron chi connectivity index (χ1n) is 5.21. The molecule has 0 amide bonds. The smallest absolute Gasteiger partial charge is 0.254 e. The lowest BCUT2D eigenvalue weighted by Gasteiger charge is -2.15. The molecule has 90 valence electrons. The molecular formula is C11H12ClN3O2. The Labute approximate surface area is 104 Å². The summed E-state index contributed by atoms with van der Waals surface area (Å²) >= 11 is 0. The fraction of sp³-hybridized carbons (Fsp3) is 0.273. The molecule has 0 fully saturated rings. The van der Waals surface area contributed by atoms with Crippen LogP contribution in [0.5, 0.6) is 0 Å². The quantitative estimate of drug-likeness (QED) is 0.798. The summed E-state index contributed by atoms with van der Waals surface area (Å²) in [5, 5.41) is 3.19. The molecule has 0 unspecified atom stereocenters. The van der Waals surface area contributed by atoms with Crippen LogP contribution >= 0.6 is 12.4 Å². The van der Waals surface area contributed by atoms with Crippen LogP contribution in [-0.2, 0) is 13.0 Å². The Morgan fingerprint density at radius 3 is 3.06 bits per heavy atom. The Kier molecular flexibility index (Phi) is 3.31. The van der Waals surface area contributed by atoms with E-state index in [-0.39, 0.29) is 18.0 Å². The third-order valence-corrected chi connectivity index (χ3v) is 2.70. The number of hydrogen-bond donors (Lipinski definition) is 2. The molecule has 0 saturated carbocycles. The predicted molar refractivity (Wildman–Crippen MR) is 65.2 cm³/mol. The maximum atomic E-state index is 11.8. The topological polar surface area (TPSA) is 70.9 Å². The van der Waals surface area contributed by atoms with Gasteiger partial charge >= 0.3 is 0 Å². The monoisotopic (exact) mass is 253 g/mol. The number of halogens is 1. The summed E-state index contributed by atoms with van der Waals surface area (Å²) in [6.07, 6.45) is 2.29. The number of nitrogens with zero attached hydrogens (tertiary/aromatic N) is 1. The van der Waals surface area contributed by atoms with E-state index in [1.807, 2.05) is 0 Å². The van der Waals surface area contributed by atoms with Gasteiger partial charge in [-0.05, 0) is 25.1 Å². The molecule has 0 radical (unpaired) electrons. The lowest BCUT2D eigenvalue weighted by Crippen LogP contribution is -2.31. The van der Waals surface area contributed by atoms with Gasteiger partial charge in [-0.3, -0.25) is 4.79 Å². The van der Waals surface area contributed by atoms with Gasteiger partial charge in [0.1, 0.15) is 0 Å². The van der Waals surface area contributed by atoms with Gasteiger partial charge in [0.05, 0.1) is 12.0 Å². The number of fused-ring (bicyclic) bond motifs is 1. The molecule has 3 rings (SSSR count). The molecule has 2 N–H and O–H groups in total. The number of rotatable bonds is 1. The van der Waals surface area contributed by atoms with Gasteiger partial charge in [0, 0.05) is 12.1 Å². The number of nitrogens with one attached hydrogen (secondary N) is 2. The lowest BCUT2D eigenvalue weighted by atomic mass is 10.1. The third kappa shape index (κ3) is 2.11. The zero-order valence-corrected chi connectivity index (χ0v) is 9.84. The molecule has 3 heterocycles. The highest BCUT2D eigenvalue weighted by atomic mass is 35.5. The molecule has 0 aromatic carbocycles. The van der Waals surface area contributed by atoms with Crippen molar-refractivity contribution in [1.82, 2.24) is 15.3 Å². The van der Waals surface area contributed by atoms with Crippen molar-refractivity contribution in [3.63, 3.8) is 0 Å². The first kappa shape index (κ1) is 11.9. The molecule has 2 aromatic heterocycles. The molecular weight excluding hydrogens is 242 g/mol. The van der Waals surface area contributed by atoms with Gasteiger partial charge in [0.15, 0.2) is 11.6 Å². The van der Waals surface area contributed by atoms with Crippen LogP contribution in [0.4, 0.5) is 0 Å². The van der Waals surface area contributed by atoms with Crippen molar-refractivity contribution in [3.8, 4) is 11.6 Å². The number of aromatic amines is 1. The highest BCUT2D eigenvalue weighted by Crippen LogP contribution is 2.16. The van der Waals surface area contributed by atoms with E-state index in [0.717, 1.165) is 24.2 Å². The van der Waals surface area contributed by atoms with Crippen LogP contribution in [0.15, 0.2) is 27.6 Å². The maximum Gasteiger partial charge on any atom is 0.254 e. The molecule has 0 spiro atoms. The molecule has 0 saturated heterocycles. The minimum atomic E-state index is -0.0575. The third-order valence-electron chi connectivity index (χ3n) is 2.70. The van der Waals surface area contributed by atoms with Crippen molar-refractivity contribution >= 4 is 12.4 Å². The second kappa shape index (κ2) is 4.73. The van der Waals surface area contributed by atoms with Crippen LogP contribution < -0.4 is 10.9 Å². The highest BCUT2D eigenvalue weighted by Gasteiger charge is 2.16. The van der Waals surface area contributed by atoms with Gasteiger partial charge in [0.25, 0.3) is 5.56 Å². The molecule has 6 heteroatoms. The molecule has 0 bridgehead atoms. The van der Waals surface area contributed by atoms with Gasteiger partial charge in [-0.2, -0.15) is 0 Å². The van der Waals surface area contributed by atoms with E-state index in [2.05, 4.69) is 15.3 Å². The van der Waals surface area contributed by atoms with Crippen molar-refractivity contribution in [2.24, 2.45) is 0 Å². The average Bonchev–Trinajstić information content (AvgIpc) is 2.82. The van der Waals surface area contributed by atoms with Crippen molar-refractivity contribution < 1.29 is 4.42 Å². The second-order valence-corrected chi connectivity index (χ2v) is 3.74. The second-order valence-electron chi connectivity index (χ2n) is 3.74. The Bertz CT molecular complexity index is 563. The predicted octanol–water partition coefficient (Wildman–Crippen LogP) is 1.10. The van der Waals surface area contributed by atoms with Crippen molar-refractivity contribution in [3.05, 3.63) is 40.0 Å².